The molecule has 0 fully saturated rings. The van der Waals surface area contributed by atoms with Crippen LogP contribution in [0.2, 0.25) is 0 Å². The maximum absolute atomic E-state index is 12.3. The molecule has 0 radical (unpaired) electrons. The third kappa shape index (κ3) is 2.78. The average molecular weight is 300 g/mol. The van der Waals surface area contributed by atoms with Crippen molar-refractivity contribution in [3.05, 3.63) is 52.8 Å². The van der Waals surface area contributed by atoms with Gasteiger partial charge in [-0.2, -0.15) is 0 Å². The van der Waals surface area contributed by atoms with Crippen LogP contribution in [0, 0.1) is 6.92 Å². The van der Waals surface area contributed by atoms with E-state index in [4.69, 9.17) is 10.2 Å². The summed E-state index contributed by atoms with van der Waals surface area (Å²) in [6.07, 6.45) is 0. The predicted octanol–water partition coefficient (Wildman–Crippen LogP) is 3.88. The summed E-state index contributed by atoms with van der Waals surface area (Å²) < 4.78 is 6.58. The lowest BCUT2D eigenvalue weighted by Crippen LogP contribution is -2.25. The van der Waals surface area contributed by atoms with Crippen LogP contribution >= 0.6 is 11.3 Å². The van der Waals surface area contributed by atoms with Gasteiger partial charge in [-0.25, -0.2) is 0 Å². The van der Waals surface area contributed by atoms with E-state index in [0.29, 0.717) is 10.6 Å². The lowest BCUT2D eigenvalue weighted by atomic mass is 10.2. The van der Waals surface area contributed by atoms with Crippen LogP contribution in [0.3, 0.4) is 0 Å². The SMILES string of the molecule is Cc1ccc(C(C)NC(=O)c2cc3cc(N)ccc3s2)o1. The fourth-order valence-electron chi connectivity index (χ4n) is 2.20. The molecule has 3 aromatic rings. The summed E-state index contributed by atoms with van der Waals surface area (Å²) in [7, 11) is 0. The van der Waals surface area contributed by atoms with Crippen LogP contribution in [-0.4, -0.2) is 5.91 Å². The molecule has 0 aliphatic heterocycles. The Morgan fingerprint density at radius 2 is 2.10 bits per heavy atom. The molecular formula is C16H16N2O2S. The number of aryl methyl sites for hydroxylation is 1. The van der Waals surface area contributed by atoms with Gasteiger partial charge >= 0.3 is 0 Å². The van der Waals surface area contributed by atoms with Crippen LogP contribution in [0.25, 0.3) is 10.1 Å². The Morgan fingerprint density at radius 1 is 1.29 bits per heavy atom. The Hall–Kier alpha value is -2.27. The quantitative estimate of drug-likeness (QED) is 0.721. The van der Waals surface area contributed by atoms with Crippen LogP contribution in [0.1, 0.15) is 34.2 Å². The van der Waals surface area contributed by atoms with Gasteiger partial charge in [0.1, 0.15) is 11.5 Å². The van der Waals surface area contributed by atoms with E-state index in [1.807, 2.05) is 50.2 Å². The number of benzene rings is 1. The number of nitrogens with one attached hydrogen (secondary N) is 1. The van der Waals surface area contributed by atoms with Crippen LogP contribution in [0.4, 0.5) is 5.69 Å². The van der Waals surface area contributed by atoms with Gasteiger partial charge in [0.25, 0.3) is 5.91 Å². The minimum Gasteiger partial charge on any atom is -0.464 e. The van der Waals surface area contributed by atoms with Gasteiger partial charge in [0.15, 0.2) is 0 Å². The zero-order chi connectivity index (χ0) is 15.0. The van der Waals surface area contributed by atoms with E-state index in [2.05, 4.69) is 5.32 Å². The molecule has 0 bridgehead atoms. The molecule has 3 rings (SSSR count). The van der Waals surface area contributed by atoms with Crippen molar-refractivity contribution in [2.24, 2.45) is 0 Å². The van der Waals surface area contributed by atoms with Crippen molar-refractivity contribution in [3.63, 3.8) is 0 Å². The number of hydrogen-bond acceptors (Lipinski definition) is 4. The van der Waals surface area contributed by atoms with Crippen molar-refractivity contribution >= 4 is 33.0 Å². The summed E-state index contributed by atoms with van der Waals surface area (Å²) in [6.45, 7) is 3.79. The number of nitrogen functional groups attached to an aromatic ring is 1. The average Bonchev–Trinajstić information content (AvgIpc) is 3.04. The Balaban J connectivity index is 1.80. The minimum absolute atomic E-state index is 0.101. The molecule has 0 aliphatic rings. The normalized spacial score (nSPS) is 12.5. The van der Waals surface area contributed by atoms with Crippen molar-refractivity contribution in [2.75, 3.05) is 5.73 Å². The highest BCUT2D eigenvalue weighted by Gasteiger charge is 2.16. The van der Waals surface area contributed by atoms with Crippen molar-refractivity contribution in [1.82, 2.24) is 5.32 Å². The molecule has 1 unspecified atom stereocenters. The topological polar surface area (TPSA) is 68.3 Å². The number of rotatable bonds is 3. The first-order valence-corrected chi connectivity index (χ1v) is 7.51. The highest BCUT2D eigenvalue weighted by molar-refractivity contribution is 7.20. The predicted molar refractivity (Wildman–Crippen MR) is 85.6 cm³/mol. The van der Waals surface area contributed by atoms with E-state index in [0.717, 1.165) is 21.6 Å². The third-order valence-corrected chi connectivity index (χ3v) is 4.41. The monoisotopic (exact) mass is 300 g/mol. The standard InChI is InChI=1S/C16H16N2O2S/c1-9-3-5-13(20-9)10(2)18-16(19)15-8-11-7-12(17)4-6-14(11)21-15/h3-8,10H,17H2,1-2H3,(H,18,19). The zero-order valence-corrected chi connectivity index (χ0v) is 12.7. The fourth-order valence-corrected chi connectivity index (χ4v) is 3.15. The molecule has 2 aromatic heterocycles. The van der Waals surface area contributed by atoms with Crippen molar-refractivity contribution in [2.45, 2.75) is 19.9 Å². The van der Waals surface area contributed by atoms with Crippen LogP contribution in [-0.2, 0) is 0 Å². The maximum Gasteiger partial charge on any atom is 0.261 e. The first kappa shape index (κ1) is 13.7. The van der Waals surface area contributed by atoms with Gasteiger partial charge in [-0.05, 0) is 55.6 Å². The number of hydrogen-bond donors (Lipinski definition) is 2. The number of carbonyl (C=O) groups excluding carboxylic acids is 1. The largest absolute Gasteiger partial charge is 0.464 e. The summed E-state index contributed by atoms with van der Waals surface area (Å²) >= 11 is 1.46. The van der Waals surface area contributed by atoms with E-state index in [9.17, 15) is 4.79 Å². The van der Waals surface area contributed by atoms with Gasteiger partial charge in [-0.15, -0.1) is 11.3 Å². The molecule has 1 amide bonds. The molecule has 2 heterocycles. The molecule has 3 N–H and O–H groups in total. The highest BCUT2D eigenvalue weighted by Crippen LogP contribution is 2.27. The zero-order valence-electron chi connectivity index (χ0n) is 11.8. The summed E-state index contributed by atoms with van der Waals surface area (Å²) in [4.78, 5) is 13.0. The summed E-state index contributed by atoms with van der Waals surface area (Å²) in [6, 6.07) is 11.1. The molecule has 4 nitrogen and oxygen atoms in total. The van der Waals surface area contributed by atoms with Crippen molar-refractivity contribution in [3.8, 4) is 0 Å². The molecule has 0 spiro atoms. The highest BCUT2D eigenvalue weighted by atomic mass is 32.1. The molecule has 1 aromatic carbocycles. The Morgan fingerprint density at radius 3 is 2.81 bits per heavy atom. The molecule has 0 aliphatic carbocycles. The number of anilines is 1. The Labute approximate surface area is 126 Å². The van der Waals surface area contributed by atoms with Gasteiger partial charge in [-0.3, -0.25) is 4.79 Å². The van der Waals surface area contributed by atoms with Crippen molar-refractivity contribution < 1.29 is 9.21 Å². The number of amides is 1. The second-order valence-corrected chi connectivity index (χ2v) is 6.14. The summed E-state index contributed by atoms with van der Waals surface area (Å²) in [5, 5.41) is 3.94. The van der Waals surface area contributed by atoms with Crippen molar-refractivity contribution in [1.29, 1.82) is 0 Å². The molecule has 108 valence electrons. The number of carbonyl (C=O) groups is 1. The lowest BCUT2D eigenvalue weighted by Gasteiger charge is -2.10. The number of fused-ring (bicyclic) bond motifs is 1. The maximum atomic E-state index is 12.3. The second-order valence-electron chi connectivity index (χ2n) is 5.05. The lowest BCUT2D eigenvalue weighted by molar-refractivity contribution is 0.0939. The summed E-state index contributed by atoms with van der Waals surface area (Å²) in [5.41, 5.74) is 6.46. The summed E-state index contributed by atoms with van der Waals surface area (Å²) in [5.74, 6) is 1.49. The molecule has 5 heteroatoms. The fraction of sp³-hybridized carbons (Fsp3) is 0.188. The van der Waals surface area contributed by atoms with Crippen LogP contribution in [0.15, 0.2) is 40.8 Å². The van der Waals surface area contributed by atoms with Crippen LogP contribution < -0.4 is 11.1 Å². The smallest absolute Gasteiger partial charge is 0.261 e. The Bertz CT molecular complexity index is 804. The first-order valence-electron chi connectivity index (χ1n) is 6.69. The molecule has 21 heavy (non-hydrogen) atoms. The molecule has 0 saturated carbocycles. The molecular weight excluding hydrogens is 284 g/mol. The molecule has 1 atom stereocenters. The Kier molecular flexibility index (Phi) is 3.43. The van der Waals surface area contributed by atoms with Gasteiger partial charge in [0.2, 0.25) is 0 Å². The van der Waals surface area contributed by atoms with Gasteiger partial charge in [0, 0.05) is 10.4 Å². The van der Waals surface area contributed by atoms with Gasteiger partial charge in [-0.1, -0.05) is 0 Å². The van der Waals surface area contributed by atoms with E-state index in [1.165, 1.54) is 11.3 Å². The van der Waals surface area contributed by atoms with Crippen LogP contribution in [0.5, 0.6) is 0 Å². The van der Waals surface area contributed by atoms with E-state index in [1.54, 1.807) is 0 Å². The van der Waals surface area contributed by atoms with E-state index < -0.39 is 0 Å². The third-order valence-electron chi connectivity index (χ3n) is 3.30. The first-order chi connectivity index (χ1) is 10.0. The second kappa shape index (κ2) is 5.26. The van der Waals surface area contributed by atoms with Gasteiger partial charge in [0.05, 0.1) is 10.9 Å². The van der Waals surface area contributed by atoms with Gasteiger partial charge < -0.3 is 15.5 Å². The minimum atomic E-state index is -0.165. The molecule has 0 saturated heterocycles. The van der Waals surface area contributed by atoms with E-state index >= 15 is 0 Å². The number of nitrogens with two attached hydrogens (primary N) is 1. The van der Waals surface area contributed by atoms with E-state index in [-0.39, 0.29) is 11.9 Å². The number of thiophene rings is 1. The number of furan rings is 1.